The fraction of sp³-hybridized carbons (Fsp3) is 0.706. The van der Waals surface area contributed by atoms with Gasteiger partial charge in [0.15, 0.2) is 5.96 Å². The van der Waals surface area contributed by atoms with Crippen LogP contribution in [0, 0.1) is 41.4 Å². The Morgan fingerprint density at radius 2 is 0.970 bits per heavy atom. The van der Waals surface area contributed by atoms with Gasteiger partial charge in [-0.1, -0.05) is 140 Å². The maximum absolute atomic E-state index is 14.3. The number of primary amides is 1. The molecule has 13 amide bonds. The summed E-state index contributed by atoms with van der Waals surface area (Å²) in [6.07, 6.45) is 2.60. The van der Waals surface area contributed by atoms with Crippen molar-refractivity contribution in [2.75, 3.05) is 32.8 Å². The van der Waals surface area contributed by atoms with E-state index in [9.17, 15) is 67.4 Å². The first kappa shape index (κ1) is 86.6. The van der Waals surface area contributed by atoms with Crippen LogP contribution >= 0.6 is 0 Å². The van der Waals surface area contributed by atoms with Crippen LogP contribution in [0.15, 0.2) is 35.3 Å². The molecular formula is C68H117N17O14. The Kier molecular flexibility index (Phi) is 38.3. The summed E-state index contributed by atoms with van der Waals surface area (Å²) in [6.45, 7) is 22.9. The SMILES string of the molecule is CC[C@@H](C)[C@@H](NC(=O)CNC(=O)[C@@H](CO)NC(=O)[C@@H](CC(C)C)NC(=O)[C@H](NC(=O)[C@@H](CCCN=C(N)N)NC(=O)CNC(=O)[C@H](NC(=O)[C@@H](CC(C)C)NC(=O)[C@H]1CCCN1C(=O)[C@@H](CC(C)C)NC(=O)[C@H](N)Cc1ccccc1)[C@H](C)CC)C(C)C)C(=O)N[C@H](CC(C)C)C(N)=O. The van der Waals surface area contributed by atoms with Crippen molar-refractivity contribution >= 4 is 82.8 Å². The van der Waals surface area contributed by atoms with Gasteiger partial charge in [0.1, 0.15) is 60.4 Å². The number of benzene rings is 1. The first-order chi connectivity index (χ1) is 46.4. The zero-order chi connectivity index (χ0) is 75.0. The number of nitrogens with one attached hydrogen (secondary N) is 11. The van der Waals surface area contributed by atoms with Crippen LogP contribution in [0.4, 0.5) is 0 Å². The lowest BCUT2D eigenvalue weighted by molar-refractivity contribution is -0.142. The number of aliphatic hydroxyl groups is 1. The second-order valence-corrected chi connectivity index (χ2v) is 27.9. The summed E-state index contributed by atoms with van der Waals surface area (Å²) in [6, 6.07) is -3.85. The van der Waals surface area contributed by atoms with E-state index in [1.165, 1.54) is 4.90 Å². The average molecular weight is 1400 g/mol. The van der Waals surface area contributed by atoms with Gasteiger partial charge in [0.25, 0.3) is 0 Å². The van der Waals surface area contributed by atoms with Crippen LogP contribution in [-0.4, -0.2) is 192 Å². The van der Waals surface area contributed by atoms with Gasteiger partial charge in [-0.3, -0.25) is 67.3 Å². The highest BCUT2D eigenvalue weighted by Crippen LogP contribution is 2.22. The topological polar surface area (TPSA) is 494 Å². The molecule has 20 N–H and O–H groups in total. The normalized spacial score (nSPS) is 16.6. The Labute approximate surface area is 583 Å². The lowest BCUT2D eigenvalue weighted by Crippen LogP contribution is -2.60. The third-order valence-corrected chi connectivity index (χ3v) is 17.0. The van der Waals surface area contributed by atoms with Gasteiger partial charge < -0.3 is 91.4 Å². The minimum atomic E-state index is -1.63. The number of likely N-dealkylation sites (tertiary alicyclic amines) is 1. The number of guanidine groups is 1. The molecule has 0 aliphatic carbocycles. The minimum Gasteiger partial charge on any atom is -0.394 e. The second-order valence-electron chi connectivity index (χ2n) is 27.9. The Morgan fingerprint density at radius 3 is 1.49 bits per heavy atom. The summed E-state index contributed by atoms with van der Waals surface area (Å²) in [5.41, 5.74) is 23.8. The standard InChI is InChI=1S/C68H117N17O14/c1-15-41(13)55(84-62(94)48(30-38(7)8)78-63(95)51-25-21-27-85(51)67(99)49(31-39(9)10)80-58(90)44(69)32-43-22-18-17-19-23-43)64(96)75-33-52(87)76-45(24-20-26-73-68(71)72)60(92)83-54(40(11)12)65(97)79-47(29-37(5)6)61(93)81-50(35-86)59(91)74-34-53(88)82-56(42(14)16-2)66(98)77-46(57(70)89)28-36(3)4/h17-19,22-23,36-42,44-51,54-56,86H,15-16,20-21,24-35,69H2,1-14H3,(H2,70,89)(H,74,91)(H,75,96)(H,76,87)(H,77,98)(H,78,95)(H,79,97)(H,80,90)(H,81,93)(H,82,88)(H,83,92)(H,84,94)(H4,71,72,73)/t41-,42-,44-,45-,46-,47-,48-,49-,50-,51-,54-,55-,56-/m1/s1. The van der Waals surface area contributed by atoms with Crippen molar-refractivity contribution in [3.05, 3.63) is 35.9 Å². The molecule has 1 saturated heterocycles. The van der Waals surface area contributed by atoms with E-state index in [2.05, 4.69) is 63.5 Å². The van der Waals surface area contributed by atoms with Crippen molar-refractivity contribution in [3.63, 3.8) is 0 Å². The highest BCUT2D eigenvalue weighted by molar-refractivity contribution is 5.99. The van der Waals surface area contributed by atoms with Gasteiger partial charge in [-0.05, 0) is 105 Å². The monoisotopic (exact) mass is 1400 g/mol. The molecule has 31 heteroatoms. The molecule has 2 rings (SSSR count). The molecular weight excluding hydrogens is 1280 g/mol. The summed E-state index contributed by atoms with van der Waals surface area (Å²) >= 11 is 0. The summed E-state index contributed by atoms with van der Waals surface area (Å²) in [5, 5.41) is 39.1. The van der Waals surface area contributed by atoms with Crippen LogP contribution in [-0.2, 0) is 68.7 Å². The summed E-state index contributed by atoms with van der Waals surface area (Å²) in [7, 11) is 0. The first-order valence-electron chi connectivity index (χ1n) is 34.8. The van der Waals surface area contributed by atoms with Gasteiger partial charge in [0, 0.05) is 13.1 Å². The van der Waals surface area contributed by atoms with E-state index in [0.29, 0.717) is 19.3 Å². The van der Waals surface area contributed by atoms with Gasteiger partial charge >= 0.3 is 0 Å². The average Bonchev–Trinajstić information content (AvgIpc) is 1.77. The van der Waals surface area contributed by atoms with E-state index in [1.54, 1.807) is 55.4 Å². The number of amides is 13. The van der Waals surface area contributed by atoms with Gasteiger partial charge in [0.05, 0.1) is 25.7 Å². The lowest BCUT2D eigenvalue weighted by Gasteiger charge is -2.31. The van der Waals surface area contributed by atoms with Crippen molar-refractivity contribution in [1.82, 2.24) is 63.4 Å². The van der Waals surface area contributed by atoms with Crippen LogP contribution in [0.2, 0.25) is 0 Å². The maximum atomic E-state index is 14.3. The lowest BCUT2D eigenvalue weighted by atomic mass is 9.96. The molecule has 0 radical (unpaired) electrons. The van der Waals surface area contributed by atoms with E-state index in [0.717, 1.165) is 5.56 Å². The molecule has 1 aromatic rings. The molecule has 558 valence electrons. The van der Waals surface area contributed by atoms with E-state index in [1.807, 2.05) is 71.9 Å². The molecule has 99 heavy (non-hydrogen) atoms. The Morgan fingerprint density at radius 1 is 0.515 bits per heavy atom. The number of aliphatic hydroxyl groups excluding tert-OH is 1. The van der Waals surface area contributed by atoms with Crippen LogP contribution in [0.25, 0.3) is 0 Å². The molecule has 31 nitrogen and oxygen atoms in total. The summed E-state index contributed by atoms with van der Waals surface area (Å²) in [4.78, 5) is 184. The predicted molar refractivity (Wildman–Crippen MR) is 374 cm³/mol. The Hall–Kier alpha value is -8.48. The fourth-order valence-electron chi connectivity index (χ4n) is 11.1. The zero-order valence-electron chi connectivity index (χ0n) is 60.6. The van der Waals surface area contributed by atoms with E-state index in [4.69, 9.17) is 22.9 Å². The molecule has 0 bridgehead atoms. The molecule has 1 fully saturated rings. The van der Waals surface area contributed by atoms with Crippen molar-refractivity contribution in [1.29, 1.82) is 0 Å². The van der Waals surface area contributed by atoms with E-state index < -0.39 is 181 Å². The van der Waals surface area contributed by atoms with Crippen LogP contribution in [0.1, 0.15) is 167 Å². The highest BCUT2D eigenvalue weighted by Gasteiger charge is 2.41. The van der Waals surface area contributed by atoms with E-state index >= 15 is 0 Å². The molecule has 0 aromatic heterocycles. The quantitative estimate of drug-likeness (QED) is 0.0203. The third-order valence-electron chi connectivity index (χ3n) is 17.0. The van der Waals surface area contributed by atoms with Crippen LogP contribution in [0.3, 0.4) is 0 Å². The largest absolute Gasteiger partial charge is 0.394 e. The summed E-state index contributed by atoms with van der Waals surface area (Å²) < 4.78 is 0. The number of nitrogens with two attached hydrogens (primary N) is 4. The number of carbonyl (C=O) groups excluding carboxylic acids is 13. The first-order valence-corrected chi connectivity index (χ1v) is 34.8. The van der Waals surface area contributed by atoms with Crippen molar-refractivity contribution in [3.8, 4) is 0 Å². The maximum Gasteiger partial charge on any atom is 0.245 e. The Bertz CT molecular complexity index is 2870. The van der Waals surface area contributed by atoms with Gasteiger partial charge in [-0.15, -0.1) is 0 Å². The van der Waals surface area contributed by atoms with Crippen molar-refractivity contribution in [2.24, 2.45) is 69.4 Å². The number of rotatable bonds is 44. The highest BCUT2D eigenvalue weighted by atomic mass is 16.3. The van der Waals surface area contributed by atoms with Crippen molar-refractivity contribution in [2.45, 2.75) is 234 Å². The molecule has 13 atom stereocenters. The molecule has 1 aliphatic heterocycles. The molecule has 1 aliphatic rings. The predicted octanol–water partition coefficient (Wildman–Crippen LogP) is -1.39. The molecule has 0 spiro atoms. The third kappa shape index (κ3) is 31.1. The van der Waals surface area contributed by atoms with Crippen molar-refractivity contribution < 1.29 is 67.4 Å². The number of aliphatic imine (C=N–C) groups is 1. The number of hydrogen-bond donors (Lipinski definition) is 16. The molecule has 0 unspecified atom stereocenters. The minimum absolute atomic E-state index is 0.00964. The van der Waals surface area contributed by atoms with Crippen LogP contribution < -0.4 is 81.4 Å². The van der Waals surface area contributed by atoms with Crippen LogP contribution in [0.5, 0.6) is 0 Å². The molecule has 1 aromatic carbocycles. The number of carbonyl (C=O) groups is 13. The number of nitrogens with zero attached hydrogens (tertiary/aromatic N) is 2. The fourth-order valence-corrected chi connectivity index (χ4v) is 11.1. The molecule has 0 saturated carbocycles. The Balaban J connectivity index is 2.26. The van der Waals surface area contributed by atoms with E-state index in [-0.39, 0.29) is 94.1 Å². The van der Waals surface area contributed by atoms with Gasteiger partial charge in [0.2, 0.25) is 76.8 Å². The summed E-state index contributed by atoms with van der Waals surface area (Å²) in [5.74, 6) is -11.8. The van der Waals surface area contributed by atoms with Gasteiger partial charge in [-0.2, -0.15) is 0 Å². The second kappa shape index (κ2) is 43.8. The number of hydrogen-bond acceptors (Lipinski definition) is 16. The van der Waals surface area contributed by atoms with Gasteiger partial charge in [-0.25, -0.2) is 0 Å². The smallest absolute Gasteiger partial charge is 0.245 e. The molecule has 1 heterocycles. The zero-order valence-corrected chi connectivity index (χ0v) is 60.6.